The van der Waals surface area contributed by atoms with Crippen molar-refractivity contribution in [2.45, 2.75) is 58.9 Å². The molecule has 0 aliphatic heterocycles. The first-order valence-corrected chi connectivity index (χ1v) is 7.51. The molecule has 1 rings (SSSR count). The molecule has 0 spiro atoms. The van der Waals surface area contributed by atoms with Crippen LogP contribution in [0.1, 0.15) is 53.0 Å². The van der Waals surface area contributed by atoms with E-state index < -0.39 is 0 Å². The maximum absolute atomic E-state index is 11.9. The lowest BCUT2D eigenvalue weighted by Crippen LogP contribution is -2.37. The normalized spacial score (nSPS) is 11.5. The highest BCUT2D eigenvalue weighted by atomic mass is 16.1. The van der Waals surface area contributed by atoms with Gasteiger partial charge in [-0.3, -0.25) is 4.79 Å². The Kier molecular flexibility index (Phi) is 6.05. The van der Waals surface area contributed by atoms with E-state index >= 15 is 0 Å². The summed E-state index contributed by atoms with van der Waals surface area (Å²) in [4.78, 5) is 11.9. The first-order chi connectivity index (χ1) is 9.38. The number of nitrogens with one attached hydrogen (secondary N) is 2. The zero-order chi connectivity index (χ0) is 15.2. The predicted octanol–water partition coefficient (Wildman–Crippen LogP) is 3.70. The average Bonchev–Trinajstić information content (AvgIpc) is 2.41. The van der Waals surface area contributed by atoms with Crippen molar-refractivity contribution in [3.8, 4) is 0 Å². The zero-order valence-corrected chi connectivity index (χ0v) is 13.4. The van der Waals surface area contributed by atoms with Gasteiger partial charge in [-0.25, -0.2) is 0 Å². The summed E-state index contributed by atoms with van der Waals surface area (Å²) in [7, 11) is 0. The van der Waals surface area contributed by atoms with Crippen LogP contribution in [0.25, 0.3) is 0 Å². The fraction of sp³-hybridized carbons (Fsp3) is 0.588. The van der Waals surface area contributed by atoms with E-state index in [0.717, 1.165) is 18.5 Å². The Morgan fingerprint density at radius 2 is 1.75 bits per heavy atom. The van der Waals surface area contributed by atoms with Gasteiger partial charge in [0.2, 0.25) is 5.91 Å². The van der Waals surface area contributed by atoms with Gasteiger partial charge in [-0.05, 0) is 29.9 Å². The number of benzene rings is 1. The van der Waals surface area contributed by atoms with E-state index in [4.69, 9.17) is 0 Å². The average molecular weight is 276 g/mol. The van der Waals surface area contributed by atoms with Crippen molar-refractivity contribution >= 4 is 11.6 Å². The molecular formula is C17H28N2O. The van der Waals surface area contributed by atoms with E-state index in [1.807, 2.05) is 18.2 Å². The maximum atomic E-state index is 11.9. The molecule has 3 heteroatoms. The second-order valence-electron chi connectivity index (χ2n) is 6.23. The summed E-state index contributed by atoms with van der Waals surface area (Å²) in [5.41, 5.74) is 2.34. The van der Waals surface area contributed by atoms with Gasteiger partial charge in [0.05, 0.1) is 6.54 Å². The van der Waals surface area contributed by atoms with Crippen LogP contribution in [0.4, 0.5) is 5.69 Å². The van der Waals surface area contributed by atoms with Gasteiger partial charge in [-0.1, -0.05) is 52.8 Å². The molecule has 0 aliphatic carbocycles. The molecule has 0 saturated heterocycles. The molecule has 1 amide bonds. The van der Waals surface area contributed by atoms with Crippen LogP contribution >= 0.6 is 0 Å². The van der Waals surface area contributed by atoms with Gasteiger partial charge in [-0.15, -0.1) is 0 Å². The van der Waals surface area contributed by atoms with Gasteiger partial charge in [-0.2, -0.15) is 0 Å². The molecule has 0 radical (unpaired) electrons. The molecule has 2 N–H and O–H groups in total. The van der Waals surface area contributed by atoms with Crippen LogP contribution in [-0.4, -0.2) is 18.5 Å². The number of hydrogen-bond donors (Lipinski definition) is 2. The van der Waals surface area contributed by atoms with Crippen molar-refractivity contribution in [2.75, 3.05) is 11.9 Å². The number of hydrogen-bond acceptors (Lipinski definition) is 2. The largest absolute Gasteiger partial charge is 0.376 e. The van der Waals surface area contributed by atoms with Crippen molar-refractivity contribution < 1.29 is 4.79 Å². The highest BCUT2D eigenvalue weighted by Gasteiger charge is 2.17. The lowest BCUT2D eigenvalue weighted by Gasteiger charge is -2.23. The molecule has 20 heavy (non-hydrogen) atoms. The molecule has 112 valence electrons. The highest BCUT2D eigenvalue weighted by molar-refractivity contribution is 5.81. The zero-order valence-electron chi connectivity index (χ0n) is 13.4. The van der Waals surface area contributed by atoms with Crippen LogP contribution in [0.2, 0.25) is 0 Å². The van der Waals surface area contributed by atoms with Gasteiger partial charge in [0, 0.05) is 11.7 Å². The van der Waals surface area contributed by atoms with E-state index in [-0.39, 0.29) is 17.4 Å². The van der Waals surface area contributed by atoms with Gasteiger partial charge in [0.25, 0.3) is 0 Å². The first-order valence-electron chi connectivity index (χ1n) is 7.51. The van der Waals surface area contributed by atoms with Crippen molar-refractivity contribution in [2.24, 2.45) is 0 Å². The third-order valence-corrected chi connectivity index (χ3v) is 3.53. The van der Waals surface area contributed by atoms with Gasteiger partial charge < -0.3 is 10.6 Å². The Hall–Kier alpha value is -1.51. The van der Waals surface area contributed by atoms with E-state index in [1.165, 1.54) is 5.56 Å². The third-order valence-electron chi connectivity index (χ3n) is 3.53. The minimum absolute atomic E-state index is 0.0578. The monoisotopic (exact) mass is 276 g/mol. The summed E-state index contributed by atoms with van der Waals surface area (Å²) in [6.45, 7) is 11.0. The summed E-state index contributed by atoms with van der Waals surface area (Å²) in [6.07, 6.45) is 1.95. The molecule has 3 nitrogen and oxygen atoms in total. The van der Waals surface area contributed by atoms with Crippen molar-refractivity contribution in [3.63, 3.8) is 0 Å². The summed E-state index contributed by atoms with van der Waals surface area (Å²) >= 11 is 0. The highest BCUT2D eigenvalue weighted by Crippen LogP contribution is 2.28. The van der Waals surface area contributed by atoms with Crippen LogP contribution in [-0.2, 0) is 10.2 Å². The minimum atomic E-state index is 0.0578. The van der Waals surface area contributed by atoms with Gasteiger partial charge in [0.1, 0.15) is 0 Å². The van der Waals surface area contributed by atoms with E-state index in [9.17, 15) is 4.79 Å². The SMILES string of the molecule is CCC(CC)NC(=O)CNc1ccccc1C(C)(C)C. The molecule has 0 saturated carbocycles. The summed E-state index contributed by atoms with van der Waals surface area (Å²) in [6, 6.07) is 8.46. The second-order valence-corrected chi connectivity index (χ2v) is 6.23. The fourth-order valence-electron chi connectivity index (χ4n) is 2.24. The van der Waals surface area contributed by atoms with Gasteiger partial charge in [0.15, 0.2) is 0 Å². The van der Waals surface area contributed by atoms with Crippen LogP contribution in [0.15, 0.2) is 24.3 Å². The van der Waals surface area contributed by atoms with E-state index in [2.05, 4.69) is 51.3 Å². The molecule has 0 aromatic heterocycles. The fourth-order valence-corrected chi connectivity index (χ4v) is 2.24. The standard InChI is InChI=1S/C17H28N2O/c1-6-13(7-2)19-16(20)12-18-15-11-9-8-10-14(15)17(3,4)5/h8-11,13,18H,6-7,12H2,1-5H3,(H,19,20). The van der Waals surface area contributed by atoms with Crippen LogP contribution in [0, 0.1) is 0 Å². The number of carbonyl (C=O) groups excluding carboxylic acids is 1. The lowest BCUT2D eigenvalue weighted by atomic mass is 9.86. The third kappa shape index (κ3) is 4.87. The molecule has 0 fully saturated rings. The predicted molar refractivity (Wildman–Crippen MR) is 86.1 cm³/mol. The Balaban J connectivity index is 2.64. The summed E-state index contributed by atoms with van der Waals surface area (Å²) in [5.74, 6) is 0.0578. The van der Waals surface area contributed by atoms with Crippen molar-refractivity contribution in [1.82, 2.24) is 5.32 Å². The van der Waals surface area contributed by atoms with E-state index in [1.54, 1.807) is 0 Å². The molecule has 1 aromatic carbocycles. The smallest absolute Gasteiger partial charge is 0.239 e. The topological polar surface area (TPSA) is 41.1 Å². The number of carbonyl (C=O) groups is 1. The van der Waals surface area contributed by atoms with Crippen LogP contribution < -0.4 is 10.6 Å². The minimum Gasteiger partial charge on any atom is -0.376 e. The molecule has 0 bridgehead atoms. The second kappa shape index (κ2) is 7.32. The Bertz CT molecular complexity index is 431. The number of amides is 1. The van der Waals surface area contributed by atoms with Crippen molar-refractivity contribution in [1.29, 1.82) is 0 Å². The summed E-state index contributed by atoms with van der Waals surface area (Å²) in [5, 5.41) is 6.30. The summed E-state index contributed by atoms with van der Waals surface area (Å²) < 4.78 is 0. The Morgan fingerprint density at radius 3 is 2.30 bits per heavy atom. The molecule has 0 unspecified atom stereocenters. The molecular weight excluding hydrogens is 248 g/mol. The molecule has 0 atom stereocenters. The molecule has 0 heterocycles. The van der Waals surface area contributed by atoms with E-state index in [0.29, 0.717) is 6.54 Å². The number of rotatable bonds is 6. The van der Waals surface area contributed by atoms with Crippen molar-refractivity contribution in [3.05, 3.63) is 29.8 Å². The maximum Gasteiger partial charge on any atom is 0.239 e. The number of anilines is 1. The van der Waals surface area contributed by atoms with Gasteiger partial charge >= 0.3 is 0 Å². The molecule has 0 aliphatic rings. The quantitative estimate of drug-likeness (QED) is 0.832. The lowest BCUT2D eigenvalue weighted by molar-refractivity contribution is -0.120. The van der Waals surface area contributed by atoms with Crippen LogP contribution in [0.5, 0.6) is 0 Å². The Labute approximate surface area is 123 Å². The Morgan fingerprint density at radius 1 is 1.15 bits per heavy atom. The van der Waals surface area contributed by atoms with Crippen LogP contribution in [0.3, 0.4) is 0 Å². The molecule has 1 aromatic rings. The first kappa shape index (κ1) is 16.5. The number of para-hydroxylation sites is 1.